The van der Waals surface area contributed by atoms with Crippen molar-refractivity contribution in [3.63, 3.8) is 0 Å². The molecule has 0 amide bonds. The van der Waals surface area contributed by atoms with E-state index in [-0.39, 0.29) is 6.29 Å². The van der Waals surface area contributed by atoms with E-state index < -0.39 is 0 Å². The summed E-state index contributed by atoms with van der Waals surface area (Å²) in [4.78, 5) is 0. The van der Waals surface area contributed by atoms with Gasteiger partial charge in [-0.25, -0.2) is 0 Å². The summed E-state index contributed by atoms with van der Waals surface area (Å²) in [7, 11) is 0. The predicted molar refractivity (Wildman–Crippen MR) is 74.8 cm³/mol. The van der Waals surface area contributed by atoms with Crippen LogP contribution in [0.2, 0.25) is 0 Å². The Morgan fingerprint density at radius 3 is 2.53 bits per heavy atom. The number of hydrogen-bond donors (Lipinski definition) is 0. The molecule has 4 rings (SSSR count). The van der Waals surface area contributed by atoms with E-state index in [1.165, 1.54) is 64.2 Å². The molecule has 2 fully saturated rings. The molecular weight excluding hydrogens is 236 g/mol. The number of hydrogen-bond acceptors (Lipinski definition) is 2. The van der Waals surface area contributed by atoms with Gasteiger partial charge in [-0.3, -0.25) is 0 Å². The molecule has 1 saturated heterocycles. The monoisotopic (exact) mass is 262 g/mol. The fourth-order valence-electron chi connectivity index (χ4n) is 5.14. The van der Waals surface area contributed by atoms with Gasteiger partial charge in [0, 0.05) is 5.41 Å². The average Bonchev–Trinajstić information content (AvgIpc) is 2.99. The third kappa shape index (κ3) is 1.99. The largest absolute Gasteiger partial charge is 0.350 e. The maximum atomic E-state index is 5.99. The lowest BCUT2D eigenvalue weighted by Crippen LogP contribution is -2.47. The molecule has 106 valence electrons. The zero-order valence-corrected chi connectivity index (χ0v) is 12.0. The zero-order valence-electron chi connectivity index (χ0n) is 12.0. The lowest BCUT2D eigenvalue weighted by molar-refractivity contribution is -0.172. The smallest absolute Gasteiger partial charge is 0.163 e. The summed E-state index contributed by atoms with van der Waals surface area (Å²) >= 11 is 0. The second kappa shape index (κ2) is 4.89. The van der Waals surface area contributed by atoms with Gasteiger partial charge in [0.1, 0.15) is 0 Å². The molecule has 0 unspecified atom stereocenters. The molecule has 0 radical (unpaired) electrons. The summed E-state index contributed by atoms with van der Waals surface area (Å²) in [5.74, 6) is 0.834. The minimum Gasteiger partial charge on any atom is -0.350 e. The Morgan fingerprint density at radius 1 is 0.895 bits per heavy atom. The molecule has 0 aromatic heterocycles. The summed E-state index contributed by atoms with van der Waals surface area (Å²) in [6.45, 7) is 1.62. The molecular formula is C17H26O2. The Bertz CT molecular complexity index is 381. The van der Waals surface area contributed by atoms with Crippen LogP contribution in [0.5, 0.6) is 0 Å². The second-order valence-electron chi connectivity index (χ2n) is 7.04. The highest BCUT2D eigenvalue weighted by Crippen LogP contribution is 2.57. The summed E-state index contributed by atoms with van der Waals surface area (Å²) < 4.78 is 12.0. The van der Waals surface area contributed by atoms with Crippen LogP contribution in [0.4, 0.5) is 0 Å². The van der Waals surface area contributed by atoms with Crippen molar-refractivity contribution in [3.05, 3.63) is 11.1 Å². The molecule has 2 nitrogen and oxygen atoms in total. The summed E-state index contributed by atoms with van der Waals surface area (Å²) in [6, 6.07) is 0. The summed E-state index contributed by atoms with van der Waals surface area (Å²) in [6.07, 6.45) is 13.9. The van der Waals surface area contributed by atoms with Crippen LogP contribution in [0.3, 0.4) is 0 Å². The second-order valence-corrected chi connectivity index (χ2v) is 7.04. The van der Waals surface area contributed by atoms with Gasteiger partial charge >= 0.3 is 0 Å². The fraction of sp³-hybridized carbons (Fsp3) is 0.882. The van der Waals surface area contributed by atoms with Crippen molar-refractivity contribution in [2.45, 2.75) is 70.5 Å². The van der Waals surface area contributed by atoms with E-state index in [1.54, 1.807) is 5.57 Å². The van der Waals surface area contributed by atoms with E-state index in [2.05, 4.69) is 0 Å². The first-order valence-corrected chi connectivity index (χ1v) is 8.31. The van der Waals surface area contributed by atoms with Gasteiger partial charge in [-0.2, -0.15) is 0 Å². The Kier molecular flexibility index (Phi) is 3.19. The average molecular weight is 262 g/mol. The zero-order chi connectivity index (χ0) is 12.7. The molecule has 19 heavy (non-hydrogen) atoms. The van der Waals surface area contributed by atoms with Gasteiger partial charge in [0.15, 0.2) is 6.29 Å². The molecule has 1 aliphatic heterocycles. The van der Waals surface area contributed by atoms with Gasteiger partial charge in [-0.05, 0) is 57.3 Å². The first-order valence-electron chi connectivity index (χ1n) is 8.31. The van der Waals surface area contributed by atoms with Gasteiger partial charge < -0.3 is 9.47 Å². The van der Waals surface area contributed by atoms with Crippen LogP contribution >= 0.6 is 0 Å². The highest BCUT2D eigenvalue weighted by Gasteiger charge is 2.52. The van der Waals surface area contributed by atoms with E-state index in [0.717, 1.165) is 19.1 Å². The van der Waals surface area contributed by atoms with E-state index in [0.29, 0.717) is 5.41 Å². The molecule has 1 heterocycles. The molecule has 3 aliphatic carbocycles. The van der Waals surface area contributed by atoms with Crippen LogP contribution in [-0.4, -0.2) is 19.5 Å². The van der Waals surface area contributed by atoms with E-state index in [4.69, 9.17) is 9.47 Å². The Morgan fingerprint density at radius 2 is 1.68 bits per heavy atom. The quantitative estimate of drug-likeness (QED) is 0.659. The van der Waals surface area contributed by atoms with Crippen molar-refractivity contribution < 1.29 is 9.47 Å². The lowest BCUT2D eigenvalue weighted by Gasteiger charge is -2.51. The number of allylic oxidation sites excluding steroid dienone is 2. The molecule has 0 spiro atoms. The molecule has 2 heteroatoms. The Balaban J connectivity index is 1.67. The SMILES string of the molecule is C1CCC2=C(C1)C[C@@H]1CCCC[C@]1(C1OCCO1)C2. The van der Waals surface area contributed by atoms with Crippen LogP contribution in [0.25, 0.3) is 0 Å². The lowest BCUT2D eigenvalue weighted by atomic mass is 9.56. The van der Waals surface area contributed by atoms with Crippen molar-refractivity contribution in [1.82, 2.24) is 0 Å². The minimum absolute atomic E-state index is 0.105. The van der Waals surface area contributed by atoms with E-state index in [9.17, 15) is 0 Å². The third-order valence-electron chi connectivity index (χ3n) is 6.09. The maximum Gasteiger partial charge on any atom is 0.163 e. The van der Waals surface area contributed by atoms with E-state index >= 15 is 0 Å². The highest BCUT2D eigenvalue weighted by atomic mass is 16.7. The van der Waals surface area contributed by atoms with Crippen molar-refractivity contribution in [2.24, 2.45) is 11.3 Å². The van der Waals surface area contributed by atoms with Crippen LogP contribution in [0.1, 0.15) is 64.2 Å². The summed E-state index contributed by atoms with van der Waals surface area (Å²) in [5.41, 5.74) is 3.96. The molecule has 0 N–H and O–H groups in total. The standard InChI is InChI=1S/C17H26O2/c1-2-6-14-12-17(16-18-9-10-19-16)8-4-3-7-15(17)11-13(14)5-1/h15-16H,1-12H2/t15-,17-/m0/s1. The Labute approximate surface area is 116 Å². The molecule has 0 bridgehead atoms. The van der Waals surface area contributed by atoms with Crippen LogP contribution in [0.15, 0.2) is 11.1 Å². The topological polar surface area (TPSA) is 18.5 Å². The van der Waals surface area contributed by atoms with Crippen molar-refractivity contribution >= 4 is 0 Å². The van der Waals surface area contributed by atoms with Gasteiger partial charge in [-0.1, -0.05) is 24.0 Å². The fourth-order valence-corrected chi connectivity index (χ4v) is 5.14. The first kappa shape index (κ1) is 12.4. The van der Waals surface area contributed by atoms with Crippen LogP contribution in [-0.2, 0) is 9.47 Å². The molecule has 1 saturated carbocycles. The van der Waals surface area contributed by atoms with Crippen molar-refractivity contribution in [1.29, 1.82) is 0 Å². The maximum absolute atomic E-state index is 5.99. The number of fused-ring (bicyclic) bond motifs is 1. The minimum atomic E-state index is 0.105. The molecule has 0 aromatic rings. The Hall–Kier alpha value is -0.340. The van der Waals surface area contributed by atoms with Gasteiger partial charge in [0.2, 0.25) is 0 Å². The third-order valence-corrected chi connectivity index (χ3v) is 6.09. The molecule has 0 aromatic carbocycles. The molecule has 2 atom stereocenters. The van der Waals surface area contributed by atoms with Crippen LogP contribution in [0, 0.1) is 11.3 Å². The van der Waals surface area contributed by atoms with Gasteiger partial charge in [0.05, 0.1) is 13.2 Å². The van der Waals surface area contributed by atoms with Gasteiger partial charge in [0.25, 0.3) is 0 Å². The first-order chi connectivity index (χ1) is 9.38. The van der Waals surface area contributed by atoms with Crippen molar-refractivity contribution in [2.75, 3.05) is 13.2 Å². The highest BCUT2D eigenvalue weighted by molar-refractivity contribution is 5.25. The normalized spacial score (nSPS) is 40.1. The predicted octanol–water partition coefficient (Wildman–Crippen LogP) is 4.20. The van der Waals surface area contributed by atoms with Crippen LogP contribution < -0.4 is 0 Å². The van der Waals surface area contributed by atoms with Crippen molar-refractivity contribution in [3.8, 4) is 0 Å². The number of ether oxygens (including phenoxy) is 2. The van der Waals surface area contributed by atoms with E-state index in [1.807, 2.05) is 5.57 Å². The van der Waals surface area contributed by atoms with Gasteiger partial charge in [-0.15, -0.1) is 0 Å². The number of rotatable bonds is 1. The molecule has 4 aliphatic rings. The summed E-state index contributed by atoms with van der Waals surface area (Å²) in [5, 5.41) is 0.